The number of nitrogens with one attached hydrogen (secondary N) is 1. The fourth-order valence-electron chi connectivity index (χ4n) is 1.62. The summed E-state index contributed by atoms with van der Waals surface area (Å²) < 4.78 is 25.7. The smallest absolute Gasteiger partial charge is 0.267 e. The lowest BCUT2D eigenvalue weighted by Gasteiger charge is -2.23. The summed E-state index contributed by atoms with van der Waals surface area (Å²) in [6, 6.07) is 6.68. The summed E-state index contributed by atoms with van der Waals surface area (Å²) in [7, 11) is -3.48. The van der Waals surface area contributed by atoms with Gasteiger partial charge in [-0.15, -0.1) is 6.42 Å². The van der Waals surface area contributed by atoms with E-state index in [9.17, 15) is 8.42 Å². The second kappa shape index (κ2) is 5.21. The van der Waals surface area contributed by atoms with E-state index >= 15 is 0 Å². The molecule has 0 fully saturated rings. The first kappa shape index (κ1) is 12.6. The standard InChI is InChI=1S/C12H13N3O2S/c1-2-7-13-8-9-15-10-14-11-5-3-4-6-12(11)18(15,16)17/h1,3-6,10,13H,7-9H2. The number of hydrogen-bond acceptors (Lipinski definition) is 4. The van der Waals surface area contributed by atoms with Crippen LogP contribution in [0.1, 0.15) is 0 Å². The number of sulfonamides is 1. The van der Waals surface area contributed by atoms with Crippen LogP contribution in [0, 0.1) is 12.3 Å². The van der Waals surface area contributed by atoms with Gasteiger partial charge in [0.05, 0.1) is 12.2 Å². The Kier molecular flexibility index (Phi) is 3.65. The molecular weight excluding hydrogens is 250 g/mol. The fraction of sp³-hybridized carbons (Fsp3) is 0.250. The van der Waals surface area contributed by atoms with Gasteiger partial charge in [0.15, 0.2) is 0 Å². The summed E-state index contributed by atoms with van der Waals surface area (Å²) in [6.45, 7) is 1.21. The third-order valence-electron chi connectivity index (χ3n) is 2.51. The van der Waals surface area contributed by atoms with Crippen molar-refractivity contribution in [1.82, 2.24) is 9.62 Å². The van der Waals surface area contributed by atoms with Gasteiger partial charge in [0, 0.05) is 13.1 Å². The van der Waals surface area contributed by atoms with Gasteiger partial charge in [-0.2, -0.15) is 0 Å². The van der Waals surface area contributed by atoms with Gasteiger partial charge in [0.2, 0.25) is 0 Å². The van der Waals surface area contributed by atoms with Gasteiger partial charge in [-0.25, -0.2) is 13.4 Å². The van der Waals surface area contributed by atoms with Gasteiger partial charge in [0.25, 0.3) is 10.0 Å². The van der Waals surface area contributed by atoms with E-state index in [-0.39, 0.29) is 4.90 Å². The molecule has 0 radical (unpaired) electrons. The van der Waals surface area contributed by atoms with E-state index in [1.165, 1.54) is 10.6 Å². The van der Waals surface area contributed by atoms with Crippen molar-refractivity contribution in [2.45, 2.75) is 4.90 Å². The fourth-order valence-corrected chi connectivity index (χ4v) is 3.02. The van der Waals surface area contributed by atoms with Crippen LogP contribution < -0.4 is 5.32 Å². The summed E-state index contributed by atoms with van der Waals surface area (Å²) in [5.74, 6) is 2.43. The number of para-hydroxylation sites is 1. The molecule has 94 valence electrons. The van der Waals surface area contributed by atoms with Crippen molar-refractivity contribution in [3.8, 4) is 12.3 Å². The molecule has 1 aromatic rings. The van der Waals surface area contributed by atoms with E-state index in [0.717, 1.165) is 0 Å². The third kappa shape index (κ3) is 2.37. The van der Waals surface area contributed by atoms with Crippen molar-refractivity contribution in [3.05, 3.63) is 24.3 Å². The largest absolute Gasteiger partial charge is 0.304 e. The van der Waals surface area contributed by atoms with Gasteiger partial charge in [0.1, 0.15) is 11.2 Å². The number of hydrogen-bond donors (Lipinski definition) is 1. The van der Waals surface area contributed by atoms with Crippen molar-refractivity contribution in [2.75, 3.05) is 19.6 Å². The van der Waals surface area contributed by atoms with Gasteiger partial charge < -0.3 is 5.32 Å². The molecule has 1 aliphatic rings. The minimum absolute atomic E-state index is 0.240. The highest BCUT2D eigenvalue weighted by atomic mass is 32.2. The Morgan fingerprint density at radius 1 is 1.39 bits per heavy atom. The number of fused-ring (bicyclic) bond motifs is 1. The number of rotatable bonds is 4. The summed E-state index contributed by atoms with van der Waals surface area (Å²) in [6.07, 6.45) is 6.44. The van der Waals surface area contributed by atoms with Crippen LogP contribution in [-0.2, 0) is 10.0 Å². The summed E-state index contributed by atoms with van der Waals surface area (Å²) >= 11 is 0. The number of nitrogens with zero attached hydrogens (tertiary/aromatic N) is 2. The Balaban J connectivity index is 2.15. The molecule has 0 spiro atoms. The second-order valence-corrected chi connectivity index (χ2v) is 5.57. The quantitative estimate of drug-likeness (QED) is 0.638. The van der Waals surface area contributed by atoms with Crippen LogP contribution in [0.5, 0.6) is 0 Å². The highest BCUT2D eigenvalue weighted by molar-refractivity contribution is 7.89. The van der Waals surface area contributed by atoms with E-state index < -0.39 is 10.0 Å². The molecule has 1 heterocycles. The molecule has 0 aromatic heterocycles. The van der Waals surface area contributed by atoms with Gasteiger partial charge >= 0.3 is 0 Å². The molecule has 1 aromatic carbocycles. The molecule has 1 aliphatic heterocycles. The molecule has 0 bridgehead atoms. The lowest BCUT2D eigenvalue weighted by Crippen LogP contribution is -2.37. The van der Waals surface area contributed by atoms with E-state index in [4.69, 9.17) is 6.42 Å². The molecule has 5 nitrogen and oxygen atoms in total. The Morgan fingerprint density at radius 3 is 2.94 bits per heavy atom. The van der Waals surface area contributed by atoms with Crippen LogP contribution in [0.4, 0.5) is 5.69 Å². The van der Waals surface area contributed by atoms with Crippen molar-refractivity contribution in [3.63, 3.8) is 0 Å². The van der Waals surface area contributed by atoms with Crippen molar-refractivity contribution >= 4 is 22.0 Å². The maximum absolute atomic E-state index is 12.2. The normalized spacial score (nSPS) is 16.1. The molecule has 0 atom stereocenters. The predicted molar refractivity (Wildman–Crippen MR) is 70.2 cm³/mol. The Bertz CT molecular complexity index is 602. The van der Waals surface area contributed by atoms with Gasteiger partial charge in [-0.05, 0) is 12.1 Å². The average Bonchev–Trinajstić information content (AvgIpc) is 2.37. The first-order chi connectivity index (χ1) is 8.66. The van der Waals surface area contributed by atoms with Crippen LogP contribution >= 0.6 is 0 Å². The van der Waals surface area contributed by atoms with Crippen molar-refractivity contribution in [1.29, 1.82) is 0 Å². The molecule has 6 heteroatoms. The highest BCUT2D eigenvalue weighted by Crippen LogP contribution is 2.29. The zero-order valence-electron chi connectivity index (χ0n) is 9.70. The average molecular weight is 263 g/mol. The Labute approximate surface area is 107 Å². The zero-order valence-corrected chi connectivity index (χ0v) is 10.5. The molecule has 0 aliphatic carbocycles. The first-order valence-corrected chi connectivity index (χ1v) is 6.89. The van der Waals surface area contributed by atoms with Gasteiger partial charge in [-0.3, -0.25) is 4.31 Å². The van der Waals surface area contributed by atoms with Crippen LogP contribution in [0.2, 0.25) is 0 Å². The molecule has 1 N–H and O–H groups in total. The van der Waals surface area contributed by atoms with Crippen LogP contribution in [-0.4, -0.2) is 38.7 Å². The highest BCUT2D eigenvalue weighted by Gasteiger charge is 2.27. The van der Waals surface area contributed by atoms with E-state index in [2.05, 4.69) is 16.2 Å². The predicted octanol–water partition coefficient (Wildman–Crippen LogP) is 0.574. The van der Waals surface area contributed by atoms with Crippen LogP contribution in [0.3, 0.4) is 0 Å². The number of terminal acetylenes is 1. The minimum Gasteiger partial charge on any atom is -0.304 e. The lowest BCUT2D eigenvalue weighted by atomic mass is 10.3. The lowest BCUT2D eigenvalue weighted by molar-refractivity contribution is 0.515. The molecule has 2 rings (SSSR count). The van der Waals surface area contributed by atoms with Crippen molar-refractivity contribution < 1.29 is 8.42 Å². The van der Waals surface area contributed by atoms with E-state index in [1.807, 2.05) is 0 Å². The Morgan fingerprint density at radius 2 is 2.17 bits per heavy atom. The van der Waals surface area contributed by atoms with Crippen LogP contribution in [0.15, 0.2) is 34.2 Å². The maximum atomic E-state index is 12.2. The van der Waals surface area contributed by atoms with Gasteiger partial charge in [-0.1, -0.05) is 18.1 Å². The summed E-state index contributed by atoms with van der Waals surface area (Å²) in [5.41, 5.74) is 0.477. The number of aliphatic imine (C=N–C) groups is 1. The minimum atomic E-state index is -3.48. The number of benzene rings is 1. The molecule has 0 unspecified atom stereocenters. The second-order valence-electron chi connectivity index (χ2n) is 3.71. The zero-order chi connectivity index (χ0) is 13.0. The monoisotopic (exact) mass is 263 g/mol. The summed E-state index contributed by atoms with van der Waals surface area (Å²) in [4.78, 5) is 4.36. The van der Waals surface area contributed by atoms with E-state index in [0.29, 0.717) is 25.3 Å². The molecule has 0 saturated carbocycles. The molecular formula is C12H13N3O2S. The topological polar surface area (TPSA) is 61.8 Å². The van der Waals surface area contributed by atoms with Crippen LogP contribution in [0.25, 0.3) is 0 Å². The Hall–Kier alpha value is -1.84. The first-order valence-electron chi connectivity index (χ1n) is 5.45. The third-order valence-corrected chi connectivity index (χ3v) is 4.31. The maximum Gasteiger partial charge on any atom is 0.267 e. The molecule has 18 heavy (non-hydrogen) atoms. The summed E-state index contributed by atoms with van der Waals surface area (Å²) in [5, 5.41) is 2.94. The molecule has 0 amide bonds. The molecule has 0 saturated heterocycles. The van der Waals surface area contributed by atoms with E-state index in [1.54, 1.807) is 24.3 Å². The van der Waals surface area contributed by atoms with Crippen molar-refractivity contribution in [2.24, 2.45) is 4.99 Å². The SMILES string of the molecule is C#CCNCCN1C=Nc2ccccc2S1(=O)=O.